The lowest BCUT2D eigenvalue weighted by Gasteiger charge is -2.17. The Morgan fingerprint density at radius 3 is 2.00 bits per heavy atom. The van der Waals surface area contributed by atoms with Crippen molar-refractivity contribution in [2.45, 2.75) is 26.2 Å². The topological polar surface area (TPSA) is 12.0 Å². The van der Waals surface area contributed by atoms with Crippen LogP contribution in [0.15, 0.2) is 36.4 Å². The molecule has 0 radical (unpaired) electrons. The van der Waals surface area contributed by atoms with Crippen molar-refractivity contribution in [2.24, 2.45) is 0 Å². The van der Waals surface area contributed by atoms with E-state index < -0.39 is 13.9 Å². The zero-order chi connectivity index (χ0) is 15.6. The van der Waals surface area contributed by atoms with Gasteiger partial charge in [0.05, 0.1) is 18.1 Å². The molecule has 2 rings (SSSR count). The van der Waals surface area contributed by atoms with Gasteiger partial charge < -0.3 is 5.32 Å². The molecule has 0 unspecified atom stereocenters. The van der Waals surface area contributed by atoms with Crippen molar-refractivity contribution in [3.8, 4) is 0 Å². The molecule has 2 aromatic rings. The molecule has 0 aliphatic heterocycles. The maximum Gasteiger partial charge on any atom is 0.160 e. The Balaban J connectivity index is 2.07. The summed E-state index contributed by atoms with van der Waals surface area (Å²) in [5.41, 5.74) is 1.87. The zero-order valence-corrected chi connectivity index (χ0v) is 14.8. The highest BCUT2D eigenvalue weighted by Crippen LogP contribution is 2.27. The second-order valence-corrected chi connectivity index (χ2v) is 11.9. The van der Waals surface area contributed by atoms with E-state index in [0.717, 1.165) is 5.56 Å². The second-order valence-electron chi connectivity index (χ2n) is 6.05. The van der Waals surface area contributed by atoms with Gasteiger partial charge in [0.1, 0.15) is 0 Å². The van der Waals surface area contributed by atoms with Crippen LogP contribution in [0.3, 0.4) is 0 Å². The number of nitrogens with one attached hydrogen (secondary N) is 1. The van der Waals surface area contributed by atoms with E-state index in [-0.39, 0.29) is 10.0 Å². The summed E-state index contributed by atoms with van der Waals surface area (Å²) in [6, 6.07) is 11.7. The summed E-state index contributed by atoms with van der Waals surface area (Å²) < 4.78 is 13.3. The lowest BCUT2D eigenvalue weighted by atomic mass is 10.2. The fourth-order valence-corrected chi connectivity index (χ4v) is 3.64. The van der Waals surface area contributed by atoms with Crippen LogP contribution < -0.4 is 10.5 Å². The average Bonchev–Trinajstić information content (AvgIpc) is 2.42. The molecular weight excluding hydrogens is 324 g/mol. The molecule has 0 aliphatic carbocycles. The van der Waals surface area contributed by atoms with Crippen LogP contribution >= 0.6 is 23.2 Å². The minimum Gasteiger partial charge on any atom is -0.381 e. The number of halogens is 3. The largest absolute Gasteiger partial charge is 0.381 e. The van der Waals surface area contributed by atoms with Crippen LogP contribution in [0.4, 0.5) is 10.1 Å². The van der Waals surface area contributed by atoms with E-state index in [9.17, 15) is 4.39 Å². The van der Waals surface area contributed by atoms with Crippen LogP contribution in [0.1, 0.15) is 5.56 Å². The van der Waals surface area contributed by atoms with Crippen molar-refractivity contribution >= 4 is 42.1 Å². The summed E-state index contributed by atoms with van der Waals surface area (Å²) >= 11 is 11.6. The molecule has 112 valence electrons. The third-order valence-corrected chi connectivity index (χ3v) is 5.92. The van der Waals surface area contributed by atoms with Crippen molar-refractivity contribution in [3.63, 3.8) is 0 Å². The first-order chi connectivity index (χ1) is 9.77. The van der Waals surface area contributed by atoms with Crippen molar-refractivity contribution in [2.75, 3.05) is 5.32 Å². The van der Waals surface area contributed by atoms with Crippen molar-refractivity contribution in [3.05, 3.63) is 57.8 Å². The lowest BCUT2D eigenvalue weighted by Crippen LogP contribution is -2.37. The predicted molar refractivity (Wildman–Crippen MR) is 93.2 cm³/mol. The molecule has 0 amide bonds. The van der Waals surface area contributed by atoms with E-state index in [0.29, 0.717) is 12.2 Å². The Morgan fingerprint density at radius 2 is 1.52 bits per heavy atom. The zero-order valence-electron chi connectivity index (χ0n) is 12.3. The molecular formula is C16H18Cl2FNSi. The molecule has 0 bridgehead atoms. The standard InChI is InChI=1S/C16H18Cl2FNSi/c1-21(2,3)13-6-4-11(5-7-13)10-20-12-8-14(17)16(19)15(18)9-12/h4-9,20H,10H2,1-3H3. The molecule has 0 atom stereocenters. The van der Waals surface area contributed by atoms with Gasteiger partial charge in [-0.1, -0.05) is 72.3 Å². The van der Waals surface area contributed by atoms with Gasteiger partial charge in [-0.15, -0.1) is 0 Å². The molecule has 0 saturated carbocycles. The van der Waals surface area contributed by atoms with Crippen molar-refractivity contribution in [1.82, 2.24) is 0 Å². The first-order valence-electron chi connectivity index (χ1n) is 6.75. The fourth-order valence-electron chi connectivity index (χ4n) is 1.98. The highest BCUT2D eigenvalue weighted by atomic mass is 35.5. The van der Waals surface area contributed by atoms with Crippen molar-refractivity contribution < 1.29 is 4.39 Å². The maximum absolute atomic E-state index is 13.3. The number of anilines is 1. The first kappa shape index (κ1) is 16.3. The van der Waals surface area contributed by atoms with Crippen molar-refractivity contribution in [1.29, 1.82) is 0 Å². The van der Waals surface area contributed by atoms with Gasteiger partial charge in [-0.05, 0) is 17.7 Å². The molecule has 0 saturated heterocycles. The minimum atomic E-state index is -1.26. The van der Waals surface area contributed by atoms with Gasteiger partial charge in [-0.3, -0.25) is 0 Å². The van der Waals surface area contributed by atoms with Gasteiger partial charge in [-0.2, -0.15) is 0 Å². The highest BCUT2D eigenvalue weighted by molar-refractivity contribution is 6.88. The summed E-state index contributed by atoms with van der Waals surface area (Å²) in [6.07, 6.45) is 0. The van der Waals surface area contributed by atoms with E-state index in [2.05, 4.69) is 49.2 Å². The molecule has 0 aromatic heterocycles. The molecule has 21 heavy (non-hydrogen) atoms. The second kappa shape index (κ2) is 6.38. The Morgan fingerprint density at radius 1 is 1.00 bits per heavy atom. The van der Waals surface area contributed by atoms with Gasteiger partial charge >= 0.3 is 0 Å². The molecule has 0 spiro atoms. The fraction of sp³-hybridized carbons (Fsp3) is 0.250. The quantitative estimate of drug-likeness (QED) is 0.588. The molecule has 0 fully saturated rings. The Kier molecular flexibility index (Phi) is 4.97. The third kappa shape index (κ3) is 4.22. The number of benzene rings is 2. The van der Waals surface area contributed by atoms with Gasteiger partial charge in [-0.25, -0.2) is 4.39 Å². The van der Waals surface area contributed by atoms with Crippen LogP contribution in [0, 0.1) is 5.82 Å². The normalized spacial score (nSPS) is 11.5. The van der Waals surface area contributed by atoms with Crippen LogP contribution in [-0.2, 0) is 6.54 Å². The Hall–Kier alpha value is -1.03. The smallest absolute Gasteiger partial charge is 0.160 e. The summed E-state index contributed by atoms with van der Waals surface area (Å²) in [5, 5.41) is 4.69. The number of hydrogen-bond donors (Lipinski definition) is 1. The van der Waals surface area contributed by atoms with Gasteiger partial charge in [0.2, 0.25) is 0 Å². The Labute approximate surface area is 136 Å². The number of hydrogen-bond acceptors (Lipinski definition) is 1. The van der Waals surface area contributed by atoms with E-state index in [1.807, 2.05) is 0 Å². The maximum atomic E-state index is 13.3. The average molecular weight is 342 g/mol. The van der Waals surface area contributed by atoms with Crippen LogP contribution in [0.25, 0.3) is 0 Å². The van der Waals surface area contributed by atoms with E-state index >= 15 is 0 Å². The summed E-state index contributed by atoms with van der Waals surface area (Å²) in [4.78, 5) is 0. The van der Waals surface area contributed by atoms with Gasteiger partial charge in [0, 0.05) is 12.2 Å². The molecule has 0 heterocycles. The Bertz CT molecular complexity index is 613. The number of rotatable bonds is 4. The van der Waals surface area contributed by atoms with E-state index in [4.69, 9.17) is 23.2 Å². The predicted octanol–water partition coefficient (Wildman–Crippen LogP) is 5.29. The summed E-state index contributed by atoms with van der Waals surface area (Å²) in [5.74, 6) is -0.580. The van der Waals surface area contributed by atoms with Crippen LogP contribution in [0.2, 0.25) is 29.7 Å². The van der Waals surface area contributed by atoms with Crippen LogP contribution in [0.5, 0.6) is 0 Å². The first-order valence-corrected chi connectivity index (χ1v) is 11.0. The monoisotopic (exact) mass is 341 g/mol. The molecule has 1 nitrogen and oxygen atoms in total. The molecule has 1 N–H and O–H groups in total. The molecule has 2 aromatic carbocycles. The molecule has 0 aliphatic rings. The summed E-state index contributed by atoms with van der Waals surface area (Å²) in [7, 11) is -1.26. The third-order valence-electron chi connectivity index (χ3n) is 3.30. The lowest BCUT2D eigenvalue weighted by molar-refractivity contribution is 0.629. The SMILES string of the molecule is C[Si](C)(C)c1ccc(CNc2cc(Cl)c(F)c(Cl)c2)cc1. The van der Waals surface area contributed by atoms with Crippen LogP contribution in [-0.4, -0.2) is 8.07 Å². The van der Waals surface area contributed by atoms with E-state index in [1.54, 1.807) is 12.1 Å². The van der Waals surface area contributed by atoms with E-state index in [1.165, 1.54) is 5.19 Å². The van der Waals surface area contributed by atoms with Gasteiger partial charge in [0.15, 0.2) is 5.82 Å². The minimum absolute atomic E-state index is 0.0269. The van der Waals surface area contributed by atoms with Gasteiger partial charge in [0.25, 0.3) is 0 Å². The molecule has 5 heteroatoms. The summed E-state index contributed by atoms with van der Waals surface area (Å²) in [6.45, 7) is 7.61. The highest BCUT2D eigenvalue weighted by Gasteiger charge is 2.15.